The molecule has 0 fully saturated rings. The van der Waals surface area contributed by atoms with Crippen LogP contribution in [0.3, 0.4) is 0 Å². The van der Waals surface area contributed by atoms with Gasteiger partial charge in [0, 0.05) is 5.57 Å². The van der Waals surface area contributed by atoms with Gasteiger partial charge in [0.2, 0.25) is 0 Å². The predicted molar refractivity (Wildman–Crippen MR) is 61.7 cm³/mol. The van der Waals surface area contributed by atoms with Crippen LogP contribution in [0.5, 0.6) is 0 Å². The van der Waals surface area contributed by atoms with E-state index in [1.807, 2.05) is 19.1 Å². The van der Waals surface area contributed by atoms with Crippen molar-refractivity contribution in [2.45, 2.75) is 13.8 Å². The molecule has 0 unspecified atom stereocenters. The Bertz CT molecular complexity index is 464. The predicted octanol–water partition coefficient (Wildman–Crippen LogP) is 2.79. The third-order valence-corrected chi connectivity index (χ3v) is 2.47. The number of allylic oxidation sites excluding steroid dienone is 2. The molecule has 3 nitrogen and oxygen atoms in total. The highest BCUT2D eigenvalue weighted by Gasteiger charge is 2.05. The molecule has 0 bridgehead atoms. The van der Waals surface area contributed by atoms with E-state index in [1.165, 1.54) is 7.11 Å². The van der Waals surface area contributed by atoms with Gasteiger partial charge in [0.15, 0.2) is 0 Å². The van der Waals surface area contributed by atoms with Crippen LogP contribution in [-0.4, -0.2) is 13.1 Å². The highest BCUT2D eigenvalue weighted by atomic mass is 16.5. The van der Waals surface area contributed by atoms with E-state index in [1.54, 1.807) is 19.1 Å². The van der Waals surface area contributed by atoms with Crippen molar-refractivity contribution in [1.82, 2.24) is 0 Å². The van der Waals surface area contributed by atoms with E-state index in [0.717, 1.165) is 11.1 Å². The van der Waals surface area contributed by atoms with E-state index >= 15 is 0 Å². The van der Waals surface area contributed by atoms with Crippen molar-refractivity contribution in [2.24, 2.45) is 0 Å². The molecular formula is C13H13NO2. The van der Waals surface area contributed by atoms with Crippen LogP contribution in [0.4, 0.5) is 0 Å². The highest BCUT2D eigenvalue weighted by Crippen LogP contribution is 2.18. The molecule has 16 heavy (non-hydrogen) atoms. The Balaban J connectivity index is 3.06. The van der Waals surface area contributed by atoms with Gasteiger partial charge in [-0.1, -0.05) is 12.1 Å². The van der Waals surface area contributed by atoms with Crippen LogP contribution in [-0.2, 0) is 4.74 Å². The summed E-state index contributed by atoms with van der Waals surface area (Å²) in [4.78, 5) is 11.2. The van der Waals surface area contributed by atoms with Gasteiger partial charge in [-0.2, -0.15) is 5.26 Å². The number of esters is 1. The number of carbonyl (C=O) groups excluding carboxylic acids is 1. The largest absolute Gasteiger partial charge is 0.465 e. The van der Waals surface area contributed by atoms with Gasteiger partial charge < -0.3 is 4.74 Å². The zero-order valence-electron chi connectivity index (χ0n) is 9.57. The maximum Gasteiger partial charge on any atom is 0.337 e. The number of carbonyl (C=O) groups is 1. The molecule has 0 heterocycles. The fourth-order valence-corrected chi connectivity index (χ4v) is 1.27. The number of nitriles is 1. The zero-order chi connectivity index (χ0) is 12.1. The number of methoxy groups -OCH3 is 1. The lowest BCUT2D eigenvalue weighted by Gasteiger charge is -2.04. The van der Waals surface area contributed by atoms with Crippen LogP contribution in [0.1, 0.15) is 29.8 Å². The van der Waals surface area contributed by atoms with Crippen LogP contribution < -0.4 is 0 Å². The monoisotopic (exact) mass is 215 g/mol. The minimum Gasteiger partial charge on any atom is -0.465 e. The number of ether oxygens (including phenoxy) is 1. The number of benzene rings is 1. The minimum absolute atomic E-state index is 0.356. The molecule has 3 heteroatoms. The van der Waals surface area contributed by atoms with Crippen molar-refractivity contribution >= 4 is 11.5 Å². The van der Waals surface area contributed by atoms with Gasteiger partial charge in [0.05, 0.1) is 18.7 Å². The Hall–Kier alpha value is -2.08. The fourth-order valence-electron chi connectivity index (χ4n) is 1.27. The highest BCUT2D eigenvalue weighted by molar-refractivity contribution is 5.89. The Morgan fingerprint density at radius 3 is 2.12 bits per heavy atom. The van der Waals surface area contributed by atoms with Crippen molar-refractivity contribution in [3.63, 3.8) is 0 Å². The lowest BCUT2D eigenvalue weighted by molar-refractivity contribution is 0.0601. The third-order valence-electron chi connectivity index (χ3n) is 2.47. The van der Waals surface area contributed by atoms with Crippen LogP contribution in [0.15, 0.2) is 29.8 Å². The van der Waals surface area contributed by atoms with Gasteiger partial charge in [0.1, 0.15) is 0 Å². The molecule has 1 aromatic rings. The first-order valence-corrected chi connectivity index (χ1v) is 4.86. The summed E-state index contributed by atoms with van der Waals surface area (Å²) in [6, 6.07) is 9.10. The number of nitrogens with zero attached hydrogens (tertiary/aromatic N) is 1. The first kappa shape index (κ1) is 12.0. The van der Waals surface area contributed by atoms with E-state index in [0.29, 0.717) is 11.1 Å². The van der Waals surface area contributed by atoms with Crippen molar-refractivity contribution < 1.29 is 9.53 Å². The Kier molecular flexibility index (Phi) is 3.84. The maximum absolute atomic E-state index is 11.2. The van der Waals surface area contributed by atoms with Gasteiger partial charge in [-0.15, -0.1) is 0 Å². The second kappa shape index (κ2) is 5.13. The fraction of sp³-hybridized carbons (Fsp3) is 0.231. The molecule has 82 valence electrons. The summed E-state index contributed by atoms with van der Waals surface area (Å²) < 4.78 is 4.60. The summed E-state index contributed by atoms with van der Waals surface area (Å²) in [6.07, 6.45) is 0. The van der Waals surface area contributed by atoms with Gasteiger partial charge >= 0.3 is 5.97 Å². The molecule has 0 aromatic heterocycles. The summed E-state index contributed by atoms with van der Waals surface area (Å²) in [7, 11) is 1.35. The van der Waals surface area contributed by atoms with E-state index in [2.05, 4.69) is 10.8 Å². The zero-order valence-corrected chi connectivity index (χ0v) is 9.57. The van der Waals surface area contributed by atoms with E-state index in [9.17, 15) is 4.79 Å². The molecule has 0 saturated carbocycles. The summed E-state index contributed by atoms with van der Waals surface area (Å²) in [5.41, 5.74) is 3.03. The summed E-state index contributed by atoms with van der Waals surface area (Å²) in [5.74, 6) is -0.356. The first-order chi connectivity index (χ1) is 7.60. The van der Waals surface area contributed by atoms with Crippen LogP contribution >= 0.6 is 0 Å². The van der Waals surface area contributed by atoms with Crippen molar-refractivity contribution in [1.29, 1.82) is 5.26 Å². The lowest BCUT2D eigenvalue weighted by Crippen LogP contribution is -2.00. The van der Waals surface area contributed by atoms with Gasteiger partial charge in [0.25, 0.3) is 0 Å². The Morgan fingerprint density at radius 2 is 1.69 bits per heavy atom. The molecule has 0 aliphatic heterocycles. The molecule has 0 aliphatic carbocycles. The van der Waals surface area contributed by atoms with Crippen LogP contribution in [0.25, 0.3) is 5.57 Å². The number of rotatable bonds is 2. The molecular weight excluding hydrogens is 202 g/mol. The third kappa shape index (κ3) is 2.48. The minimum atomic E-state index is -0.356. The summed E-state index contributed by atoms with van der Waals surface area (Å²) >= 11 is 0. The van der Waals surface area contributed by atoms with Gasteiger partial charge in [-0.3, -0.25) is 0 Å². The molecule has 0 saturated heterocycles. The molecule has 1 rings (SSSR count). The van der Waals surface area contributed by atoms with Gasteiger partial charge in [-0.25, -0.2) is 4.79 Å². The normalized spacial score (nSPS) is 11.4. The standard InChI is InChI=1S/C13H13NO2/c1-9(8-14)10(2)11-4-6-12(7-5-11)13(15)16-3/h4-7H,1-3H3/b10-9-. The molecule has 1 aromatic carbocycles. The van der Waals surface area contributed by atoms with E-state index in [4.69, 9.17) is 5.26 Å². The maximum atomic E-state index is 11.2. The molecule has 0 radical (unpaired) electrons. The molecule has 0 aliphatic rings. The SMILES string of the molecule is COC(=O)c1ccc(/C(C)=C(/C)C#N)cc1. The summed E-state index contributed by atoms with van der Waals surface area (Å²) in [6.45, 7) is 3.65. The van der Waals surface area contributed by atoms with Crippen molar-refractivity contribution in [3.05, 3.63) is 41.0 Å². The second-order valence-electron chi connectivity index (χ2n) is 3.43. The van der Waals surface area contributed by atoms with E-state index in [-0.39, 0.29) is 5.97 Å². The quantitative estimate of drug-likeness (QED) is 0.563. The van der Waals surface area contributed by atoms with Crippen molar-refractivity contribution in [3.8, 4) is 6.07 Å². The molecule has 0 N–H and O–H groups in total. The van der Waals surface area contributed by atoms with Crippen LogP contribution in [0, 0.1) is 11.3 Å². The average Bonchev–Trinajstić information content (AvgIpc) is 2.36. The second-order valence-corrected chi connectivity index (χ2v) is 3.43. The van der Waals surface area contributed by atoms with Gasteiger partial charge in [-0.05, 0) is 37.1 Å². The summed E-state index contributed by atoms with van der Waals surface area (Å²) in [5, 5.41) is 8.77. The Morgan fingerprint density at radius 1 is 1.19 bits per heavy atom. The molecule has 0 atom stereocenters. The van der Waals surface area contributed by atoms with Crippen molar-refractivity contribution in [2.75, 3.05) is 7.11 Å². The first-order valence-electron chi connectivity index (χ1n) is 4.86. The lowest BCUT2D eigenvalue weighted by atomic mass is 10.0. The molecule has 0 spiro atoms. The molecule has 0 amide bonds. The smallest absolute Gasteiger partial charge is 0.337 e. The van der Waals surface area contributed by atoms with Crippen LogP contribution in [0.2, 0.25) is 0 Å². The Labute approximate surface area is 95.0 Å². The van der Waals surface area contributed by atoms with E-state index < -0.39 is 0 Å². The number of hydrogen-bond acceptors (Lipinski definition) is 3. The topological polar surface area (TPSA) is 50.1 Å². The average molecular weight is 215 g/mol. The number of hydrogen-bond donors (Lipinski definition) is 0.